The largest absolute Gasteiger partial charge is 0.457 e. The molecule has 31 heavy (non-hydrogen) atoms. The summed E-state index contributed by atoms with van der Waals surface area (Å²) in [5.74, 6) is 1.00. The van der Waals surface area contributed by atoms with E-state index in [9.17, 15) is 12.8 Å². The zero-order valence-corrected chi connectivity index (χ0v) is 18.1. The third-order valence-electron chi connectivity index (χ3n) is 5.34. The fraction of sp³-hybridized carbons (Fsp3) is 0.250. The highest BCUT2D eigenvalue weighted by molar-refractivity contribution is 7.89. The minimum Gasteiger partial charge on any atom is -0.457 e. The van der Waals surface area contributed by atoms with E-state index in [1.54, 1.807) is 6.92 Å². The first kappa shape index (κ1) is 21.5. The number of hydrogen-bond acceptors (Lipinski definition) is 4. The molecule has 1 aliphatic rings. The Kier molecular flexibility index (Phi) is 6.36. The SMILES string of the molecule is Cc1ccc(F)cc1S(=O)(=O)N[C@@H]1CCN(Cc2ccc(Oc3ccccc3)cc2)C1. The fourth-order valence-corrected chi connectivity index (χ4v) is 5.28. The van der Waals surface area contributed by atoms with Gasteiger partial charge in [0, 0.05) is 25.7 Å². The van der Waals surface area contributed by atoms with Crippen molar-refractivity contribution in [3.05, 3.63) is 89.7 Å². The third kappa shape index (κ3) is 5.50. The van der Waals surface area contributed by atoms with Crippen molar-refractivity contribution in [1.82, 2.24) is 9.62 Å². The molecule has 3 aromatic carbocycles. The monoisotopic (exact) mass is 440 g/mol. The average molecular weight is 441 g/mol. The number of benzene rings is 3. The third-order valence-corrected chi connectivity index (χ3v) is 7.00. The van der Waals surface area contributed by atoms with Crippen LogP contribution in [0.2, 0.25) is 0 Å². The maximum atomic E-state index is 13.5. The smallest absolute Gasteiger partial charge is 0.241 e. The molecule has 0 amide bonds. The van der Waals surface area contributed by atoms with Crippen LogP contribution in [0.5, 0.6) is 11.5 Å². The second kappa shape index (κ2) is 9.18. The van der Waals surface area contributed by atoms with Gasteiger partial charge in [-0.15, -0.1) is 0 Å². The fourth-order valence-electron chi connectivity index (χ4n) is 3.76. The van der Waals surface area contributed by atoms with Crippen molar-refractivity contribution in [2.75, 3.05) is 13.1 Å². The summed E-state index contributed by atoms with van der Waals surface area (Å²) in [6.45, 7) is 3.79. The van der Waals surface area contributed by atoms with Crippen LogP contribution in [0, 0.1) is 12.7 Å². The van der Waals surface area contributed by atoms with Gasteiger partial charge in [0.15, 0.2) is 0 Å². The Balaban J connectivity index is 1.33. The van der Waals surface area contributed by atoms with Gasteiger partial charge >= 0.3 is 0 Å². The van der Waals surface area contributed by atoms with Gasteiger partial charge in [0.2, 0.25) is 10.0 Å². The molecule has 1 heterocycles. The number of halogens is 1. The lowest BCUT2D eigenvalue weighted by Crippen LogP contribution is -2.37. The summed E-state index contributed by atoms with van der Waals surface area (Å²) in [5.41, 5.74) is 1.66. The van der Waals surface area contributed by atoms with Crippen molar-refractivity contribution < 1.29 is 17.5 Å². The lowest BCUT2D eigenvalue weighted by Gasteiger charge is -2.18. The molecule has 0 aromatic heterocycles. The van der Waals surface area contributed by atoms with Gasteiger partial charge in [0.1, 0.15) is 17.3 Å². The first-order valence-corrected chi connectivity index (χ1v) is 11.7. The maximum Gasteiger partial charge on any atom is 0.241 e. The number of rotatable bonds is 7. The number of para-hydroxylation sites is 1. The quantitative estimate of drug-likeness (QED) is 0.589. The van der Waals surface area contributed by atoms with Gasteiger partial charge in [-0.3, -0.25) is 4.90 Å². The molecule has 7 heteroatoms. The minimum atomic E-state index is -3.76. The van der Waals surface area contributed by atoms with Gasteiger partial charge in [0.25, 0.3) is 0 Å². The number of ether oxygens (including phenoxy) is 1. The van der Waals surface area contributed by atoms with Crippen LogP contribution in [-0.4, -0.2) is 32.4 Å². The first-order valence-electron chi connectivity index (χ1n) is 10.2. The highest BCUT2D eigenvalue weighted by Crippen LogP contribution is 2.23. The summed E-state index contributed by atoms with van der Waals surface area (Å²) in [4.78, 5) is 2.21. The Morgan fingerprint density at radius 2 is 1.74 bits per heavy atom. The highest BCUT2D eigenvalue weighted by atomic mass is 32.2. The van der Waals surface area contributed by atoms with Crippen LogP contribution in [-0.2, 0) is 16.6 Å². The van der Waals surface area contributed by atoms with E-state index in [2.05, 4.69) is 9.62 Å². The molecule has 0 spiro atoms. The molecule has 0 saturated carbocycles. The number of likely N-dealkylation sites (tertiary alicyclic amines) is 1. The van der Waals surface area contributed by atoms with Crippen LogP contribution >= 0.6 is 0 Å². The van der Waals surface area contributed by atoms with Gasteiger partial charge in [0.05, 0.1) is 4.90 Å². The highest BCUT2D eigenvalue weighted by Gasteiger charge is 2.28. The van der Waals surface area contributed by atoms with Gasteiger partial charge in [-0.25, -0.2) is 17.5 Å². The maximum absolute atomic E-state index is 13.5. The molecule has 1 aliphatic heterocycles. The van der Waals surface area contributed by atoms with E-state index in [0.29, 0.717) is 18.5 Å². The summed E-state index contributed by atoms with van der Waals surface area (Å²) in [6.07, 6.45) is 0.711. The molecule has 1 saturated heterocycles. The Hall–Kier alpha value is -2.74. The van der Waals surface area contributed by atoms with Gasteiger partial charge in [-0.1, -0.05) is 36.4 Å². The number of nitrogens with one attached hydrogen (secondary N) is 1. The van der Waals surface area contributed by atoms with Crippen LogP contribution in [0.1, 0.15) is 17.5 Å². The lowest BCUT2D eigenvalue weighted by molar-refractivity contribution is 0.324. The van der Waals surface area contributed by atoms with E-state index < -0.39 is 15.8 Å². The molecular formula is C24H25FN2O3S. The van der Waals surface area contributed by atoms with Crippen molar-refractivity contribution in [3.63, 3.8) is 0 Å². The normalized spacial score (nSPS) is 17.0. The van der Waals surface area contributed by atoms with Crippen molar-refractivity contribution in [1.29, 1.82) is 0 Å². The van der Waals surface area contributed by atoms with E-state index in [0.717, 1.165) is 36.2 Å². The van der Waals surface area contributed by atoms with Crippen LogP contribution in [0.4, 0.5) is 4.39 Å². The van der Waals surface area contributed by atoms with E-state index in [1.807, 2.05) is 54.6 Å². The van der Waals surface area contributed by atoms with E-state index >= 15 is 0 Å². The molecule has 5 nitrogen and oxygen atoms in total. The van der Waals surface area contributed by atoms with Crippen LogP contribution < -0.4 is 9.46 Å². The first-order chi connectivity index (χ1) is 14.9. The summed E-state index contributed by atoms with van der Waals surface area (Å²) >= 11 is 0. The predicted molar refractivity (Wildman–Crippen MR) is 118 cm³/mol. The second-order valence-electron chi connectivity index (χ2n) is 7.81. The zero-order valence-electron chi connectivity index (χ0n) is 17.3. The molecule has 3 aromatic rings. The van der Waals surface area contributed by atoms with Crippen LogP contribution in [0.15, 0.2) is 77.7 Å². The van der Waals surface area contributed by atoms with Gasteiger partial charge in [-0.05, 0) is 60.9 Å². The molecule has 0 aliphatic carbocycles. The summed E-state index contributed by atoms with van der Waals surface area (Å²) in [7, 11) is -3.76. The van der Waals surface area contributed by atoms with Crippen LogP contribution in [0.25, 0.3) is 0 Å². The summed E-state index contributed by atoms with van der Waals surface area (Å²) in [6, 6.07) is 21.1. The average Bonchev–Trinajstić information content (AvgIpc) is 3.18. The molecule has 0 radical (unpaired) electrons. The summed E-state index contributed by atoms with van der Waals surface area (Å²) < 4.78 is 47.5. The zero-order chi connectivity index (χ0) is 21.8. The molecule has 0 bridgehead atoms. The molecule has 162 valence electrons. The molecule has 1 fully saturated rings. The Morgan fingerprint density at radius 3 is 2.48 bits per heavy atom. The van der Waals surface area contributed by atoms with Crippen molar-refractivity contribution >= 4 is 10.0 Å². The van der Waals surface area contributed by atoms with Crippen molar-refractivity contribution in [3.8, 4) is 11.5 Å². The lowest BCUT2D eigenvalue weighted by atomic mass is 10.2. The minimum absolute atomic E-state index is 0.0000418. The van der Waals surface area contributed by atoms with E-state index in [4.69, 9.17) is 4.74 Å². The molecule has 4 rings (SSSR count). The Morgan fingerprint density at radius 1 is 1.03 bits per heavy atom. The number of hydrogen-bond donors (Lipinski definition) is 1. The number of sulfonamides is 1. The number of aryl methyl sites for hydroxylation is 1. The van der Waals surface area contributed by atoms with Crippen LogP contribution in [0.3, 0.4) is 0 Å². The number of nitrogens with zero attached hydrogens (tertiary/aromatic N) is 1. The van der Waals surface area contributed by atoms with Gasteiger partial charge < -0.3 is 4.74 Å². The molecule has 0 unspecified atom stereocenters. The van der Waals surface area contributed by atoms with Crippen molar-refractivity contribution in [2.24, 2.45) is 0 Å². The molecular weight excluding hydrogens is 415 g/mol. The van der Waals surface area contributed by atoms with Crippen molar-refractivity contribution in [2.45, 2.75) is 30.8 Å². The summed E-state index contributed by atoms with van der Waals surface area (Å²) in [5, 5.41) is 0. The van der Waals surface area contributed by atoms with E-state index in [1.165, 1.54) is 12.1 Å². The predicted octanol–water partition coefficient (Wildman–Crippen LogP) is 4.48. The molecule has 1 atom stereocenters. The second-order valence-corrected chi connectivity index (χ2v) is 9.49. The Labute approximate surface area is 182 Å². The molecule has 1 N–H and O–H groups in total. The van der Waals surface area contributed by atoms with E-state index in [-0.39, 0.29) is 10.9 Å². The standard InChI is InChI=1S/C24H25FN2O3S/c1-18-7-10-20(25)15-24(18)31(28,29)26-21-13-14-27(17-21)16-19-8-11-23(12-9-19)30-22-5-3-2-4-6-22/h2-12,15,21,26H,13-14,16-17H2,1H3/t21-/m1/s1. The Bertz CT molecular complexity index is 1140. The topological polar surface area (TPSA) is 58.6 Å². The van der Waals surface area contributed by atoms with Gasteiger partial charge in [-0.2, -0.15) is 0 Å².